The molecule has 0 bridgehead atoms. The molecule has 1 aliphatic heterocycles. The third-order valence-electron chi connectivity index (χ3n) is 6.48. The van der Waals surface area contributed by atoms with E-state index in [1.54, 1.807) is 30.5 Å². The highest BCUT2D eigenvalue weighted by molar-refractivity contribution is 7.77. The van der Waals surface area contributed by atoms with E-state index in [1.165, 1.54) is 6.07 Å². The van der Waals surface area contributed by atoms with E-state index < -0.39 is 23.3 Å². The summed E-state index contributed by atoms with van der Waals surface area (Å²) >= 11 is -2.26. The minimum absolute atomic E-state index is 0.0852. The summed E-state index contributed by atoms with van der Waals surface area (Å²) in [5.74, 6) is 1.12. The van der Waals surface area contributed by atoms with Crippen LogP contribution in [0.1, 0.15) is 25.1 Å². The lowest BCUT2D eigenvalue weighted by atomic mass is 10.0. The number of pyridine rings is 2. The highest BCUT2D eigenvalue weighted by Crippen LogP contribution is 2.33. The lowest BCUT2D eigenvalue weighted by Crippen LogP contribution is -2.37. The standard InChI is InChI=1S/C27H29F2N7O3S/c1-2-30-23-9-6-17(16-31-23)26-34-22-8-7-21(33-25(22)27(35-26)36-12-14-39-15-13-36)19-5-3-4-18(24(19)29)20(28)10-11-32-40(37)38/h3-9,16,20,32H,2,10-15H2,1H3,(H,30,31)(H,37,38). The normalized spacial score (nSPS) is 15.2. The molecule has 0 saturated carbocycles. The quantitative estimate of drug-likeness (QED) is 0.240. The molecule has 1 aromatic carbocycles. The van der Waals surface area contributed by atoms with Gasteiger partial charge in [-0.25, -0.2) is 37.6 Å². The first kappa shape index (κ1) is 27.9. The van der Waals surface area contributed by atoms with E-state index in [2.05, 4.69) is 19.9 Å². The van der Waals surface area contributed by atoms with E-state index in [9.17, 15) is 8.60 Å². The van der Waals surface area contributed by atoms with E-state index in [0.717, 1.165) is 17.9 Å². The summed E-state index contributed by atoms with van der Waals surface area (Å²) < 4.78 is 57.7. The Morgan fingerprint density at radius 2 is 1.95 bits per heavy atom. The molecule has 40 heavy (non-hydrogen) atoms. The fraction of sp³-hybridized carbons (Fsp3) is 0.333. The highest BCUT2D eigenvalue weighted by atomic mass is 32.2. The van der Waals surface area contributed by atoms with Crippen molar-refractivity contribution in [2.45, 2.75) is 19.5 Å². The van der Waals surface area contributed by atoms with Gasteiger partial charge in [-0.2, -0.15) is 0 Å². The molecule has 0 amide bonds. The van der Waals surface area contributed by atoms with Crippen LogP contribution in [0.2, 0.25) is 0 Å². The van der Waals surface area contributed by atoms with Gasteiger partial charge in [-0.05, 0) is 43.7 Å². The number of halogens is 2. The lowest BCUT2D eigenvalue weighted by Gasteiger charge is -2.28. The maximum atomic E-state index is 15.5. The number of fused-ring (bicyclic) bond motifs is 1. The van der Waals surface area contributed by atoms with E-state index >= 15 is 4.39 Å². The second-order valence-electron chi connectivity index (χ2n) is 9.11. The number of hydrogen-bond donors (Lipinski definition) is 3. The number of morpholine rings is 1. The van der Waals surface area contributed by atoms with Crippen LogP contribution in [0, 0.1) is 5.82 Å². The van der Waals surface area contributed by atoms with Crippen LogP contribution in [0.3, 0.4) is 0 Å². The van der Waals surface area contributed by atoms with E-state index in [-0.39, 0.29) is 24.1 Å². The Bertz CT molecular complexity index is 1500. The number of rotatable bonds is 10. The van der Waals surface area contributed by atoms with Gasteiger partial charge in [-0.1, -0.05) is 12.1 Å². The largest absolute Gasteiger partial charge is 0.378 e. The van der Waals surface area contributed by atoms with E-state index in [4.69, 9.17) is 24.2 Å². The van der Waals surface area contributed by atoms with Crippen molar-refractivity contribution in [2.75, 3.05) is 49.6 Å². The number of benzene rings is 1. The molecule has 10 nitrogen and oxygen atoms in total. The third kappa shape index (κ3) is 6.22. The Morgan fingerprint density at radius 3 is 2.67 bits per heavy atom. The first-order valence-electron chi connectivity index (χ1n) is 12.9. The van der Waals surface area contributed by atoms with Crippen LogP contribution >= 0.6 is 0 Å². The molecule has 2 unspecified atom stereocenters. The second-order valence-corrected chi connectivity index (χ2v) is 9.89. The van der Waals surface area contributed by atoms with Gasteiger partial charge in [0, 0.05) is 49.1 Å². The molecule has 0 spiro atoms. The number of nitrogens with one attached hydrogen (secondary N) is 2. The predicted octanol–water partition coefficient (Wildman–Crippen LogP) is 4.29. The molecule has 13 heteroatoms. The van der Waals surface area contributed by atoms with Gasteiger partial charge in [0.15, 0.2) is 11.6 Å². The smallest absolute Gasteiger partial charge is 0.231 e. The van der Waals surface area contributed by atoms with Gasteiger partial charge in [-0.15, -0.1) is 0 Å². The zero-order chi connectivity index (χ0) is 28.1. The van der Waals surface area contributed by atoms with Crippen LogP contribution in [0.15, 0.2) is 48.7 Å². The maximum Gasteiger partial charge on any atom is 0.231 e. The average molecular weight is 570 g/mol. The van der Waals surface area contributed by atoms with Crippen molar-refractivity contribution >= 4 is 33.9 Å². The third-order valence-corrected chi connectivity index (χ3v) is 6.93. The molecule has 0 radical (unpaired) electrons. The molecule has 1 saturated heterocycles. The predicted molar refractivity (Wildman–Crippen MR) is 150 cm³/mol. The number of aromatic nitrogens is 4. The van der Waals surface area contributed by atoms with Crippen LogP contribution in [0.25, 0.3) is 33.7 Å². The Kier molecular flexibility index (Phi) is 8.85. The number of hydrogen-bond acceptors (Lipinski definition) is 8. The summed E-state index contributed by atoms with van der Waals surface area (Å²) in [5.41, 5.74) is 2.13. The number of anilines is 2. The van der Waals surface area contributed by atoms with Gasteiger partial charge in [0.05, 0.1) is 24.4 Å². The van der Waals surface area contributed by atoms with Gasteiger partial charge in [0.1, 0.15) is 23.3 Å². The summed E-state index contributed by atoms with van der Waals surface area (Å²) in [6.45, 7) is 4.95. The van der Waals surface area contributed by atoms with Crippen LogP contribution < -0.4 is 14.9 Å². The van der Waals surface area contributed by atoms with Crippen LogP contribution in [0.5, 0.6) is 0 Å². The molecule has 210 valence electrons. The van der Waals surface area contributed by atoms with Gasteiger partial charge in [0.2, 0.25) is 11.3 Å². The molecular formula is C27H29F2N7O3S. The first-order valence-corrected chi connectivity index (χ1v) is 14.0. The zero-order valence-electron chi connectivity index (χ0n) is 21.8. The topological polar surface area (TPSA) is 125 Å². The lowest BCUT2D eigenvalue weighted by molar-refractivity contribution is 0.122. The molecule has 2 atom stereocenters. The molecule has 3 aromatic heterocycles. The molecule has 1 aliphatic rings. The summed E-state index contributed by atoms with van der Waals surface area (Å²) in [6.07, 6.45) is -0.120. The Labute approximate surface area is 232 Å². The first-order chi connectivity index (χ1) is 19.4. The zero-order valence-corrected chi connectivity index (χ0v) is 22.6. The number of alkyl halides is 1. The molecule has 5 rings (SSSR count). The number of ether oxygens (including phenoxy) is 1. The Morgan fingerprint density at radius 1 is 1.12 bits per heavy atom. The monoisotopic (exact) mass is 569 g/mol. The van der Waals surface area contributed by atoms with Crippen molar-refractivity contribution in [2.24, 2.45) is 0 Å². The molecular weight excluding hydrogens is 540 g/mol. The van der Waals surface area contributed by atoms with Gasteiger partial charge >= 0.3 is 0 Å². The van der Waals surface area contributed by atoms with Gasteiger partial charge in [-0.3, -0.25) is 4.55 Å². The Balaban J connectivity index is 1.54. The molecule has 0 aliphatic carbocycles. The maximum absolute atomic E-state index is 15.5. The van der Waals surface area contributed by atoms with Crippen LogP contribution in [0.4, 0.5) is 20.4 Å². The van der Waals surface area contributed by atoms with Crippen molar-refractivity contribution in [3.05, 3.63) is 60.0 Å². The van der Waals surface area contributed by atoms with Gasteiger partial charge in [0.25, 0.3) is 0 Å². The summed E-state index contributed by atoms with van der Waals surface area (Å²) in [6, 6.07) is 11.7. The van der Waals surface area contributed by atoms with Crippen LogP contribution in [-0.2, 0) is 16.0 Å². The van der Waals surface area contributed by atoms with Gasteiger partial charge < -0.3 is 15.0 Å². The van der Waals surface area contributed by atoms with Crippen molar-refractivity contribution < 1.29 is 22.3 Å². The minimum atomic E-state index is -2.26. The summed E-state index contributed by atoms with van der Waals surface area (Å²) in [4.78, 5) is 20.8. The molecule has 4 heterocycles. The molecule has 3 N–H and O–H groups in total. The van der Waals surface area contributed by atoms with Crippen molar-refractivity contribution in [3.8, 4) is 22.6 Å². The summed E-state index contributed by atoms with van der Waals surface area (Å²) in [5, 5.41) is 3.17. The SMILES string of the molecule is CCNc1ccc(-c2nc(N3CCOCC3)c3nc(-c4cccc(C(F)CCNS(=O)O)c4F)ccc3n2)cn1. The van der Waals surface area contributed by atoms with E-state index in [1.807, 2.05) is 19.1 Å². The highest BCUT2D eigenvalue weighted by Gasteiger charge is 2.22. The summed E-state index contributed by atoms with van der Waals surface area (Å²) in [7, 11) is 0. The fourth-order valence-corrected chi connectivity index (χ4v) is 4.80. The minimum Gasteiger partial charge on any atom is -0.378 e. The van der Waals surface area contributed by atoms with Crippen LogP contribution in [-0.4, -0.2) is 68.1 Å². The fourth-order valence-electron chi connectivity index (χ4n) is 4.50. The Hall–Kier alpha value is -3.65. The van der Waals surface area contributed by atoms with E-state index in [0.29, 0.717) is 54.7 Å². The number of nitrogens with zero attached hydrogens (tertiary/aromatic N) is 5. The second kappa shape index (κ2) is 12.7. The molecule has 4 aromatic rings. The van der Waals surface area contributed by atoms with Crippen molar-refractivity contribution in [1.29, 1.82) is 0 Å². The van der Waals surface area contributed by atoms with Crippen molar-refractivity contribution in [1.82, 2.24) is 24.7 Å². The average Bonchev–Trinajstić information content (AvgIpc) is 2.97. The van der Waals surface area contributed by atoms with Crippen molar-refractivity contribution in [3.63, 3.8) is 0 Å². The molecule has 1 fully saturated rings.